The molecule has 0 heterocycles. The Balaban J connectivity index is 2.14. The molecule has 2 amide bonds. The van der Waals surface area contributed by atoms with Gasteiger partial charge >= 0.3 is 0 Å². The molecule has 0 saturated carbocycles. The average Bonchev–Trinajstić information content (AvgIpc) is 2.65. The van der Waals surface area contributed by atoms with E-state index in [-0.39, 0.29) is 11.8 Å². The van der Waals surface area contributed by atoms with Crippen molar-refractivity contribution >= 4 is 23.6 Å². The van der Waals surface area contributed by atoms with Crippen LogP contribution >= 0.6 is 11.8 Å². The zero-order valence-electron chi connectivity index (χ0n) is 14.9. The Morgan fingerprint density at radius 3 is 2.36 bits per heavy atom. The Morgan fingerprint density at radius 1 is 1.08 bits per heavy atom. The second kappa shape index (κ2) is 9.28. The summed E-state index contributed by atoms with van der Waals surface area (Å²) in [6.07, 6.45) is 0. The van der Waals surface area contributed by atoms with Crippen LogP contribution < -0.4 is 5.32 Å². The molecule has 0 bridgehead atoms. The van der Waals surface area contributed by atoms with E-state index in [1.165, 1.54) is 11.8 Å². The largest absolute Gasteiger partial charge is 0.357 e. The summed E-state index contributed by atoms with van der Waals surface area (Å²) in [4.78, 5) is 27.6. The fourth-order valence-electron chi connectivity index (χ4n) is 2.51. The fraction of sp³-hybridized carbons (Fsp3) is 0.300. The molecule has 0 unspecified atom stereocenters. The highest BCUT2D eigenvalue weighted by Gasteiger charge is 2.25. The zero-order valence-corrected chi connectivity index (χ0v) is 15.7. The molecular weight excluding hydrogens is 332 g/mol. The van der Waals surface area contributed by atoms with Gasteiger partial charge in [-0.1, -0.05) is 42.5 Å². The lowest BCUT2D eigenvalue weighted by atomic mass is 10.1. The van der Waals surface area contributed by atoms with E-state index < -0.39 is 6.04 Å². The number of nitrogens with zero attached hydrogens (tertiary/aromatic N) is 1. The quantitative estimate of drug-likeness (QED) is 0.775. The molecule has 132 valence electrons. The van der Waals surface area contributed by atoms with Crippen molar-refractivity contribution in [3.05, 3.63) is 65.7 Å². The van der Waals surface area contributed by atoms with Crippen LogP contribution in [-0.2, 0) is 16.1 Å². The predicted molar refractivity (Wildman–Crippen MR) is 102 cm³/mol. The van der Waals surface area contributed by atoms with Gasteiger partial charge in [0.1, 0.15) is 6.04 Å². The van der Waals surface area contributed by atoms with E-state index in [0.717, 1.165) is 16.0 Å². The molecule has 2 aromatic carbocycles. The van der Waals surface area contributed by atoms with Crippen LogP contribution in [0.15, 0.2) is 59.5 Å². The monoisotopic (exact) mass is 356 g/mol. The molecule has 1 N–H and O–H groups in total. The number of amides is 2. The first-order valence-electron chi connectivity index (χ1n) is 8.26. The van der Waals surface area contributed by atoms with Gasteiger partial charge < -0.3 is 10.2 Å². The van der Waals surface area contributed by atoms with E-state index in [1.54, 1.807) is 18.9 Å². The topological polar surface area (TPSA) is 49.4 Å². The van der Waals surface area contributed by atoms with Gasteiger partial charge in [-0.25, -0.2) is 0 Å². The van der Waals surface area contributed by atoms with Crippen LogP contribution in [0.3, 0.4) is 0 Å². The van der Waals surface area contributed by atoms with Crippen molar-refractivity contribution in [1.82, 2.24) is 10.2 Å². The Morgan fingerprint density at radius 2 is 1.72 bits per heavy atom. The number of hydrogen-bond acceptors (Lipinski definition) is 3. The van der Waals surface area contributed by atoms with Crippen molar-refractivity contribution < 1.29 is 9.59 Å². The van der Waals surface area contributed by atoms with Crippen LogP contribution in [0.25, 0.3) is 0 Å². The van der Waals surface area contributed by atoms with E-state index in [9.17, 15) is 9.59 Å². The van der Waals surface area contributed by atoms with E-state index in [4.69, 9.17) is 0 Å². The smallest absolute Gasteiger partial charge is 0.242 e. The highest BCUT2D eigenvalue weighted by atomic mass is 32.2. The first-order valence-corrected chi connectivity index (χ1v) is 9.25. The number of aryl methyl sites for hydroxylation is 1. The van der Waals surface area contributed by atoms with Crippen LogP contribution in [0.5, 0.6) is 0 Å². The number of nitrogens with one attached hydrogen (secondary N) is 1. The van der Waals surface area contributed by atoms with Gasteiger partial charge in [0.15, 0.2) is 0 Å². The Kier molecular flexibility index (Phi) is 7.07. The highest BCUT2D eigenvalue weighted by Crippen LogP contribution is 2.20. The molecule has 4 nitrogen and oxygen atoms in total. The van der Waals surface area contributed by atoms with Gasteiger partial charge in [0.05, 0.1) is 5.75 Å². The highest BCUT2D eigenvalue weighted by molar-refractivity contribution is 8.00. The number of hydrogen-bond donors (Lipinski definition) is 1. The fourth-order valence-corrected chi connectivity index (χ4v) is 3.31. The standard InChI is InChI=1S/C20H24N2O2S/c1-15-9-7-8-10-17(15)13-22(16(2)20(24)21-3)19(23)14-25-18-11-5-4-6-12-18/h4-12,16H,13-14H2,1-3H3,(H,21,24)/t16-/m1/s1. The summed E-state index contributed by atoms with van der Waals surface area (Å²) in [6, 6.07) is 17.2. The normalized spacial score (nSPS) is 11.6. The summed E-state index contributed by atoms with van der Waals surface area (Å²) >= 11 is 1.49. The summed E-state index contributed by atoms with van der Waals surface area (Å²) in [5.74, 6) is 0.0943. The third-order valence-electron chi connectivity index (χ3n) is 4.12. The number of likely N-dealkylation sites (N-methyl/N-ethyl adjacent to an activating group) is 1. The molecule has 25 heavy (non-hydrogen) atoms. The molecule has 0 radical (unpaired) electrons. The molecule has 0 aromatic heterocycles. The van der Waals surface area contributed by atoms with Gasteiger partial charge in [-0.3, -0.25) is 9.59 Å². The molecule has 1 atom stereocenters. The van der Waals surface area contributed by atoms with Gasteiger partial charge in [0.2, 0.25) is 11.8 Å². The summed E-state index contributed by atoms with van der Waals surface area (Å²) in [6.45, 7) is 4.21. The third kappa shape index (κ3) is 5.36. The van der Waals surface area contributed by atoms with Crippen molar-refractivity contribution in [3.63, 3.8) is 0 Å². The molecule has 5 heteroatoms. The summed E-state index contributed by atoms with van der Waals surface area (Å²) in [5, 5.41) is 2.63. The second-order valence-electron chi connectivity index (χ2n) is 5.84. The minimum Gasteiger partial charge on any atom is -0.357 e. The minimum absolute atomic E-state index is 0.0480. The Labute approximate surface area is 153 Å². The van der Waals surface area contributed by atoms with Gasteiger partial charge in [0.25, 0.3) is 0 Å². The number of carbonyl (C=O) groups is 2. The molecule has 0 spiro atoms. The first-order chi connectivity index (χ1) is 12.0. The summed E-state index contributed by atoms with van der Waals surface area (Å²) < 4.78 is 0. The summed E-state index contributed by atoms with van der Waals surface area (Å²) in [5.41, 5.74) is 2.16. The van der Waals surface area contributed by atoms with E-state index >= 15 is 0 Å². The molecule has 2 rings (SSSR count). The van der Waals surface area contributed by atoms with Gasteiger partial charge in [-0.2, -0.15) is 0 Å². The van der Waals surface area contributed by atoms with Crippen LogP contribution in [0.4, 0.5) is 0 Å². The lowest BCUT2D eigenvalue weighted by molar-refractivity contribution is -0.138. The maximum absolute atomic E-state index is 12.8. The second-order valence-corrected chi connectivity index (χ2v) is 6.89. The van der Waals surface area contributed by atoms with Crippen LogP contribution in [0.1, 0.15) is 18.1 Å². The average molecular weight is 356 g/mol. The van der Waals surface area contributed by atoms with Crippen LogP contribution in [-0.4, -0.2) is 35.6 Å². The van der Waals surface area contributed by atoms with Gasteiger partial charge in [-0.15, -0.1) is 11.8 Å². The van der Waals surface area contributed by atoms with Crippen LogP contribution in [0.2, 0.25) is 0 Å². The lowest BCUT2D eigenvalue weighted by Crippen LogP contribution is -2.47. The zero-order chi connectivity index (χ0) is 18.2. The van der Waals surface area contributed by atoms with E-state index in [2.05, 4.69) is 5.32 Å². The number of thioether (sulfide) groups is 1. The Bertz CT molecular complexity index is 719. The van der Waals surface area contributed by atoms with E-state index in [0.29, 0.717) is 12.3 Å². The van der Waals surface area contributed by atoms with E-state index in [1.807, 2.05) is 61.5 Å². The number of carbonyl (C=O) groups excluding carboxylic acids is 2. The molecule has 0 aliphatic heterocycles. The van der Waals surface area contributed by atoms with Crippen molar-refractivity contribution in [2.75, 3.05) is 12.8 Å². The van der Waals surface area contributed by atoms with Crippen molar-refractivity contribution in [2.45, 2.75) is 31.3 Å². The lowest BCUT2D eigenvalue weighted by Gasteiger charge is -2.29. The maximum Gasteiger partial charge on any atom is 0.242 e. The van der Waals surface area contributed by atoms with Gasteiger partial charge in [0, 0.05) is 18.5 Å². The molecule has 0 fully saturated rings. The van der Waals surface area contributed by atoms with Crippen molar-refractivity contribution in [2.24, 2.45) is 0 Å². The predicted octanol–water partition coefficient (Wildman–Crippen LogP) is 3.25. The molecular formula is C20H24N2O2S. The van der Waals surface area contributed by atoms with Crippen molar-refractivity contribution in [1.29, 1.82) is 0 Å². The molecule has 2 aromatic rings. The van der Waals surface area contributed by atoms with Gasteiger partial charge in [-0.05, 0) is 37.1 Å². The maximum atomic E-state index is 12.8. The number of rotatable bonds is 7. The SMILES string of the molecule is CNC(=O)[C@@H](C)N(Cc1ccccc1C)C(=O)CSc1ccccc1. The first kappa shape index (κ1) is 19.1. The molecule has 0 aliphatic carbocycles. The molecule has 0 saturated heterocycles. The minimum atomic E-state index is -0.520. The Hall–Kier alpha value is -2.27. The third-order valence-corrected chi connectivity index (χ3v) is 5.12. The summed E-state index contributed by atoms with van der Waals surface area (Å²) in [7, 11) is 1.59. The number of benzene rings is 2. The molecule has 0 aliphatic rings. The van der Waals surface area contributed by atoms with Crippen molar-refractivity contribution in [3.8, 4) is 0 Å². The van der Waals surface area contributed by atoms with Crippen LogP contribution in [0, 0.1) is 6.92 Å².